The van der Waals surface area contributed by atoms with Crippen LogP contribution in [0, 0.1) is 0 Å². The molecule has 1 aliphatic rings. The zero-order chi connectivity index (χ0) is 18.2. The van der Waals surface area contributed by atoms with Gasteiger partial charge in [0.15, 0.2) is 0 Å². The molecule has 2 aromatic rings. The highest BCUT2D eigenvalue weighted by molar-refractivity contribution is 7.89. The molecule has 9 heteroatoms. The topological polar surface area (TPSA) is 134 Å². The minimum atomic E-state index is -4.20. The fraction of sp³-hybridized carbons (Fsp3) is 0.375. The summed E-state index contributed by atoms with van der Waals surface area (Å²) in [7, 11) is -4.20. The van der Waals surface area contributed by atoms with E-state index in [1.807, 2.05) is 4.72 Å². The lowest BCUT2D eigenvalue weighted by atomic mass is 9.96. The molecule has 0 saturated heterocycles. The van der Waals surface area contributed by atoms with Gasteiger partial charge in [-0.3, -0.25) is 9.59 Å². The number of fused-ring (bicyclic) bond motifs is 3. The van der Waals surface area contributed by atoms with Crippen molar-refractivity contribution in [3.8, 4) is 0 Å². The summed E-state index contributed by atoms with van der Waals surface area (Å²) >= 11 is 0. The van der Waals surface area contributed by atoms with Gasteiger partial charge in [0.1, 0.15) is 17.4 Å². The first kappa shape index (κ1) is 17.4. The Morgan fingerprint density at radius 3 is 2.60 bits per heavy atom. The van der Waals surface area contributed by atoms with Gasteiger partial charge in [0, 0.05) is 23.4 Å². The fourth-order valence-corrected chi connectivity index (χ4v) is 4.22. The normalized spacial score (nSPS) is 15.7. The molecular formula is C16H17NO7S. The number of rotatable bonds is 6. The minimum Gasteiger partial charge on any atom is -0.481 e. The van der Waals surface area contributed by atoms with Crippen LogP contribution >= 0.6 is 0 Å². The standard InChI is InChI=1S/C16H17NO7S/c18-15(19)8-12(16(20)21)17-25(22,23)9-5-6-11-10-3-1-2-4-13(10)24-14(11)7-9/h5-7,12,17H,1-4,8H2,(H,18,19)(H,20,21)/t12-/m0/s1. The lowest BCUT2D eigenvalue weighted by Gasteiger charge is -2.13. The fourth-order valence-electron chi connectivity index (χ4n) is 3.02. The molecule has 1 atom stereocenters. The number of aryl methyl sites for hydroxylation is 2. The number of carboxylic acid groups (broad SMARTS) is 2. The molecule has 1 heterocycles. The second-order valence-corrected chi connectivity index (χ2v) is 7.69. The molecule has 3 N–H and O–H groups in total. The van der Waals surface area contributed by atoms with Crippen LogP contribution in [0.25, 0.3) is 11.0 Å². The first-order chi connectivity index (χ1) is 11.8. The Hall–Kier alpha value is -2.39. The van der Waals surface area contributed by atoms with Gasteiger partial charge in [-0.2, -0.15) is 4.72 Å². The highest BCUT2D eigenvalue weighted by atomic mass is 32.2. The maximum atomic E-state index is 12.4. The average Bonchev–Trinajstić information content (AvgIpc) is 2.91. The Labute approximate surface area is 143 Å². The quantitative estimate of drug-likeness (QED) is 0.704. The maximum Gasteiger partial charge on any atom is 0.322 e. The van der Waals surface area contributed by atoms with Crippen molar-refractivity contribution < 1.29 is 32.6 Å². The third-order valence-corrected chi connectivity index (χ3v) is 5.68. The van der Waals surface area contributed by atoms with Crippen molar-refractivity contribution in [1.82, 2.24) is 4.72 Å². The van der Waals surface area contributed by atoms with Crippen LogP contribution in [0.4, 0.5) is 0 Å². The van der Waals surface area contributed by atoms with E-state index in [1.165, 1.54) is 12.1 Å². The van der Waals surface area contributed by atoms with E-state index in [-0.39, 0.29) is 4.90 Å². The number of hydrogen-bond acceptors (Lipinski definition) is 5. The summed E-state index contributed by atoms with van der Waals surface area (Å²) in [5.41, 5.74) is 1.52. The van der Waals surface area contributed by atoms with Crippen molar-refractivity contribution in [2.75, 3.05) is 0 Å². The van der Waals surface area contributed by atoms with Crippen molar-refractivity contribution in [3.05, 3.63) is 29.5 Å². The van der Waals surface area contributed by atoms with Crippen LogP contribution in [0.1, 0.15) is 30.6 Å². The Morgan fingerprint density at radius 1 is 1.20 bits per heavy atom. The Kier molecular flexibility index (Phi) is 4.53. The predicted octanol–water partition coefficient (Wildman–Crippen LogP) is 1.52. The van der Waals surface area contributed by atoms with E-state index in [4.69, 9.17) is 14.6 Å². The second-order valence-electron chi connectivity index (χ2n) is 5.98. The maximum absolute atomic E-state index is 12.4. The van der Waals surface area contributed by atoms with Crippen molar-refractivity contribution in [2.45, 2.75) is 43.0 Å². The average molecular weight is 367 g/mol. The van der Waals surface area contributed by atoms with Gasteiger partial charge in [-0.15, -0.1) is 0 Å². The SMILES string of the molecule is O=C(O)C[C@H](NS(=O)(=O)c1ccc2c3c(oc2c1)CCCC3)C(=O)O. The van der Waals surface area contributed by atoms with E-state index in [0.717, 1.165) is 42.4 Å². The summed E-state index contributed by atoms with van der Waals surface area (Å²) in [4.78, 5) is 21.6. The molecule has 1 aromatic heterocycles. The molecule has 0 amide bonds. The smallest absolute Gasteiger partial charge is 0.322 e. The highest BCUT2D eigenvalue weighted by Gasteiger charge is 2.28. The van der Waals surface area contributed by atoms with Crippen LogP contribution < -0.4 is 4.72 Å². The molecule has 0 radical (unpaired) electrons. The number of nitrogens with one attached hydrogen (secondary N) is 1. The number of aliphatic carboxylic acids is 2. The summed E-state index contributed by atoms with van der Waals surface area (Å²) in [5.74, 6) is -2.11. The van der Waals surface area contributed by atoms with Gasteiger partial charge in [-0.25, -0.2) is 8.42 Å². The lowest BCUT2D eigenvalue weighted by Crippen LogP contribution is -2.42. The van der Waals surface area contributed by atoms with Gasteiger partial charge in [-0.1, -0.05) is 0 Å². The molecule has 1 aromatic carbocycles. The molecule has 0 saturated carbocycles. The van der Waals surface area contributed by atoms with Crippen LogP contribution in [0.5, 0.6) is 0 Å². The Morgan fingerprint density at radius 2 is 1.92 bits per heavy atom. The first-order valence-corrected chi connectivity index (χ1v) is 9.27. The summed E-state index contributed by atoms with van der Waals surface area (Å²) in [5, 5.41) is 18.6. The van der Waals surface area contributed by atoms with Gasteiger partial charge >= 0.3 is 11.9 Å². The zero-order valence-electron chi connectivity index (χ0n) is 13.2. The van der Waals surface area contributed by atoms with Crippen LogP contribution in [0.3, 0.4) is 0 Å². The van der Waals surface area contributed by atoms with Crippen molar-refractivity contribution >= 4 is 32.9 Å². The Balaban J connectivity index is 1.94. The second kappa shape index (κ2) is 6.49. The summed E-state index contributed by atoms with van der Waals surface area (Å²) in [6, 6.07) is 2.61. The molecule has 8 nitrogen and oxygen atoms in total. The molecule has 0 spiro atoms. The summed E-state index contributed by atoms with van der Waals surface area (Å²) < 4.78 is 32.5. The number of hydrogen-bond donors (Lipinski definition) is 3. The largest absolute Gasteiger partial charge is 0.481 e. The highest BCUT2D eigenvalue weighted by Crippen LogP contribution is 2.33. The van der Waals surface area contributed by atoms with Gasteiger partial charge in [-0.05, 0) is 31.4 Å². The van der Waals surface area contributed by atoms with E-state index >= 15 is 0 Å². The molecule has 0 bridgehead atoms. The molecular weight excluding hydrogens is 350 g/mol. The zero-order valence-corrected chi connectivity index (χ0v) is 14.0. The third-order valence-electron chi connectivity index (χ3n) is 4.21. The number of carboxylic acids is 2. The number of sulfonamides is 1. The molecule has 1 aliphatic carbocycles. The van der Waals surface area contributed by atoms with Crippen LogP contribution in [-0.4, -0.2) is 36.6 Å². The molecule has 3 rings (SSSR count). The minimum absolute atomic E-state index is 0.164. The van der Waals surface area contributed by atoms with Crippen LogP contribution in [-0.2, 0) is 32.5 Å². The molecule has 134 valence electrons. The van der Waals surface area contributed by atoms with E-state index in [0.29, 0.717) is 5.58 Å². The van der Waals surface area contributed by atoms with Gasteiger partial charge in [0.2, 0.25) is 10.0 Å². The van der Waals surface area contributed by atoms with E-state index < -0.39 is 34.4 Å². The third kappa shape index (κ3) is 3.52. The van der Waals surface area contributed by atoms with E-state index in [9.17, 15) is 18.0 Å². The summed E-state index contributed by atoms with van der Waals surface area (Å²) in [6.07, 6.45) is 2.91. The predicted molar refractivity (Wildman–Crippen MR) is 86.9 cm³/mol. The molecule has 0 aliphatic heterocycles. The number of carbonyl (C=O) groups is 2. The van der Waals surface area contributed by atoms with E-state index in [1.54, 1.807) is 6.07 Å². The van der Waals surface area contributed by atoms with Crippen molar-refractivity contribution in [2.24, 2.45) is 0 Å². The van der Waals surface area contributed by atoms with Gasteiger partial charge in [0.05, 0.1) is 11.3 Å². The van der Waals surface area contributed by atoms with Crippen LogP contribution in [0.15, 0.2) is 27.5 Å². The van der Waals surface area contributed by atoms with Gasteiger partial charge in [0.25, 0.3) is 0 Å². The molecule has 25 heavy (non-hydrogen) atoms. The number of furan rings is 1. The summed E-state index contributed by atoms with van der Waals surface area (Å²) in [6.45, 7) is 0. The monoisotopic (exact) mass is 367 g/mol. The lowest BCUT2D eigenvalue weighted by molar-refractivity contribution is -0.145. The van der Waals surface area contributed by atoms with Crippen LogP contribution in [0.2, 0.25) is 0 Å². The molecule has 0 fully saturated rings. The van der Waals surface area contributed by atoms with Crippen molar-refractivity contribution in [1.29, 1.82) is 0 Å². The van der Waals surface area contributed by atoms with Gasteiger partial charge < -0.3 is 14.6 Å². The van der Waals surface area contributed by atoms with Crippen molar-refractivity contribution in [3.63, 3.8) is 0 Å². The first-order valence-electron chi connectivity index (χ1n) is 7.79. The molecule has 0 unspecified atom stereocenters. The van der Waals surface area contributed by atoms with E-state index in [2.05, 4.69) is 0 Å². The Bertz CT molecular complexity index is 945. The number of benzene rings is 1.